The Kier molecular flexibility index (Phi) is 3.80. The van der Waals surface area contributed by atoms with Crippen LogP contribution in [0.15, 0.2) is 45.0 Å². The van der Waals surface area contributed by atoms with Gasteiger partial charge in [0.25, 0.3) is 0 Å². The van der Waals surface area contributed by atoms with Crippen molar-refractivity contribution in [3.63, 3.8) is 0 Å². The molecule has 0 saturated heterocycles. The lowest BCUT2D eigenvalue weighted by atomic mass is 10.0. The normalized spacial score (nSPS) is 11.5. The van der Waals surface area contributed by atoms with Crippen LogP contribution in [0.2, 0.25) is 0 Å². The van der Waals surface area contributed by atoms with Gasteiger partial charge in [-0.25, -0.2) is 14.8 Å². The average Bonchev–Trinajstić information content (AvgIpc) is 2.96. The van der Waals surface area contributed by atoms with Crippen molar-refractivity contribution in [3.05, 3.63) is 57.8 Å². The molecule has 0 aliphatic carbocycles. The second kappa shape index (κ2) is 6.00. The Morgan fingerprint density at radius 2 is 1.92 bits per heavy atom. The predicted octanol–water partition coefficient (Wildman–Crippen LogP) is 3.38. The number of aromatic nitrogens is 4. The summed E-state index contributed by atoms with van der Waals surface area (Å²) in [6, 6.07) is 5.55. The molecule has 6 nitrogen and oxygen atoms in total. The number of aryl methyl sites for hydroxylation is 3. The molecule has 0 aliphatic rings. The minimum absolute atomic E-state index is 0.333. The van der Waals surface area contributed by atoms with E-state index < -0.39 is 0 Å². The van der Waals surface area contributed by atoms with Gasteiger partial charge in [-0.15, -0.1) is 11.8 Å². The number of fused-ring (bicyclic) bond motifs is 2. The number of hydrogen-bond donors (Lipinski definition) is 0. The van der Waals surface area contributed by atoms with Gasteiger partial charge in [0.05, 0.1) is 11.6 Å². The first-order chi connectivity index (χ1) is 12.0. The number of benzene rings is 1. The summed E-state index contributed by atoms with van der Waals surface area (Å²) in [5.74, 6) is 0.617. The highest BCUT2D eigenvalue weighted by Gasteiger charge is 2.12. The standard InChI is InChI=1S/C18H16N4O2S/c1-10-4-13-12(6-16(23)24-15(13)5-11(10)2)8-25-18-14-7-21-22(3)17(14)19-9-20-18/h4-7,9H,8H2,1-3H3. The molecule has 0 unspecified atom stereocenters. The van der Waals surface area contributed by atoms with Crippen LogP contribution in [0.25, 0.3) is 22.0 Å². The van der Waals surface area contributed by atoms with Crippen molar-refractivity contribution in [2.45, 2.75) is 24.6 Å². The summed E-state index contributed by atoms with van der Waals surface area (Å²) in [5.41, 5.74) is 4.30. The van der Waals surface area contributed by atoms with E-state index in [4.69, 9.17) is 4.42 Å². The van der Waals surface area contributed by atoms with E-state index >= 15 is 0 Å². The first kappa shape index (κ1) is 15.8. The van der Waals surface area contributed by atoms with E-state index in [-0.39, 0.29) is 5.63 Å². The average molecular weight is 352 g/mol. The minimum atomic E-state index is -0.333. The highest BCUT2D eigenvalue weighted by Crippen LogP contribution is 2.30. The Morgan fingerprint density at radius 1 is 1.12 bits per heavy atom. The lowest BCUT2D eigenvalue weighted by Gasteiger charge is -2.08. The van der Waals surface area contributed by atoms with Crippen LogP contribution < -0.4 is 5.63 Å². The molecule has 0 amide bonds. The van der Waals surface area contributed by atoms with Crippen molar-refractivity contribution in [1.82, 2.24) is 19.7 Å². The molecule has 0 fully saturated rings. The van der Waals surface area contributed by atoms with Gasteiger partial charge in [-0.05, 0) is 42.7 Å². The summed E-state index contributed by atoms with van der Waals surface area (Å²) in [6.45, 7) is 4.07. The van der Waals surface area contributed by atoms with Crippen LogP contribution in [0.3, 0.4) is 0 Å². The molecular formula is C18H16N4O2S. The van der Waals surface area contributed by atoms with Gasteiger partial charge in [0.1, 0.15) is 16.9 Å². The van der Waals surface area contributed by atoms with Crippen LogP contribution in [-0.4, -0.2) is 19.7 Å². The molecule has 126 valence electrons. The Hall–Kier alpha value is -2.67. The number of thioether (sulfide) groups is 1. The first-order valence-corrected chi connectivity index (χ1v) is 8.81. The van der Waals surface area contributed by atoms with E-state index in [9.17, 15) is 4.79 Å². The Bertz CT molecular complexity index is 1160. The monoisotopic (exact) mass is 352 g/mol. The molecule has 0 saturated carbocycles. The summed E-state index contributed by atoms with van der Waals surface area (Å²) in [5, 5.41) is 6.96. The fourth-order valence-corrected chi connectivity index (χ4v) is 3.76. The van der Waals surface area contributed by atoms with Gasteiger partial charge in [0.15, 0.2) is 5.65 Å². The molecule has 0 spiro atoms. The second-order valence-electron chi connectivity index (χ2n) is 6.00. The van der Waals surface area contributed by atoms with Crippen LogP contribution in [-0.2, 0) is 12.8 Å². The van der Waals surface area contributed by atoms with Gasteiger partial charge in [0, 0.05) is 24.3 Å². The topological polar surface area (TPSA) is 73.8 Å². The number of hydrogen-bond acceptors (Lipinski definition) is 6. The molecule has 0 radical (unpaired) electrons. The maximum absolute atomic E-state index is 11.9. The van der Waals surface area contributed by atoms with Crippen molar-refractivity contribution in [3.8, 4) is 0 Å². The van der Waals surface area contributed by atoms with Crippen LogP contribution in [0.5, 0.6) is 0 Å². The fourth-order valence-electron chi connectivity index (χ4n) is 2.80. The summed E-state index contributed by atoms with van der Waals surface area (Å²) < 4.78 is 7.08. The third-order valence-corrected chi connectivity index (χ3v) is 5.36. The Morgan fingerprint density at radius 3 is 2.76 bits per heavy atom. The number of nitrogens with zero attached hydrogens (tertiary/aromatic N) is 4. The zero-order valence-corrected chi connectivity index (χ0v) is 14.9. The van der Waals surface area contributed by atoms with Crippen LogP contribution in [0.1, 0.15) is 16.7 Å². The van der Waals surface area contributed by atoms with E-state index in [0.717, 1.165) is 32.6 Å². The molecule has 4 rings (SSSR count). The van der Waals surface area contributed by atoms with Gasteiger partial charge < -0.3 is 4.42 Å². The lowest BCUT2D eigenvalue weighted by Crippen LogP contribution is -2.01. The fraction of sp³-hybridized carbons (Fsp3) is 0.222. The zero-order chi connectivity index (χ0) is 17.6. The van der Waals surface area contributed by atoms with E-state index in [1.54, 1.807) is 28.7 Å². The zero-order valence-electron chi connectivity index (χ0n) is 14.1. The Balaban J connectivity index is 1.75. The quantitative estimate of drug-likeness (QED) is 0.320. The van der Waals surface area contributed by atoms with Crippen molar-refractivity contribution in [2.24, 2.45) is 7.05 Å². The van der Waals surface area contributed by atoms with Crippen molar-refractivity contribution in [2.75, 3.05) is 0 Å². The number of rotatable bonds is 3. The molecule has 1 aromatic carbocycles. The lowest BCUT2D eigenvalue weighted by molar-refractivity contribution is 0.559. The molecule has 0 aliphatic heterocycles. The van der Waals surface area contributed by atoms with Gasteiger partial charge >= 0.3 is 5.63 Å². The Labute approximate surface area is 147 Å². The third kappa shape index (κ3) is 2.80. The van der Waals surface area contributed by atoms with E-state index in [1.165, 1.54) is 11.9 Å². The van der Waals surface area contributed by atoms with Gasteiger partial charge in [0.2, 0.25) is 0 Å². The van der Waals surface area contributed by atoms with Gasteiger partial charge in [-0.1, -0.05) is 0 Å². The van der Waals surface area contributed by atoms with E-state index in [1.807, 2.05) is 20.0 Å². The highest BCUT2D eigenvalue weighted by atomic mass is 32.2. The third-order valence-electron chi connectivity index (χ3n) is 4.30. The molecule has 3 aromatic heterocycles. The van der Waals surface area contributed by atoms with Gasteiger partial charge in [-0.3, -0.25) is 4.68 Å². The summed E-state index contributed by atoms with van der Waals surface area (Å²) in [4.78, 5) is 20.5. The predicted molar refractivity (Wildman–Crippen MR) is 97.8 cm³/mol. The molecular weight excluding hydrogens is 336 g/mol. The van der Waals surface area contributed by atoms with Crippen LogP contribution in [0.4, 0.5) is 0 Å². The van der Waals surface area contributed by atoms with Crippen molar-refractivity contribution < 1.29 is 4.42 Å². The van der Waals surface area contributed by atoms with Crippen molar-refractivity contribution >= 4 is 33.8 Å². The molecule has 3 heterocycles. The molecule has 0 bridgehead atoms. The molecule has 25 heavy (non-hydrogen) atoms. The molecule has 7 heteroatoms. The minimum Gasteiger partial charge on any atom is -0.423 e. The largest absolute Gasteiger partial charge is 0.423 e. The SMILES string of the molecule is Cc1cc2oc(=O)cc(CSc3ncnc4c3cnn4C)c2cc1C. The summed E-state index contributed by atoms with van der Waals surface area (Å²) in [6.07, 6.45) is 3.31. The molecule has 4 aromatic rings. The highest BCUT2D eigenvalue weighted by molar-refractivity contribution is 7.98. The van der Waals surface area contributed by atoms with Gasteiger partial charge in [-0.2, -0.15) is 5.10 Å². The maximum Gasteiger partial charge on any atom is 0.336 e. The van der Waals surface area contributed by atoms with E-state index in [0.29, 0.717) is 11.3 Å². The summed E-state index contributed by atoms with van der Waals surface area (Å²) >= 11 is 1.56. The van der Waals surface area contributed by atoms with Crippen LogP contribution in [0, 0.1) is 13.8 Å². The maximum atomic E-state index is 11.9. The molecule has 0 N–H and O–H groups in total. The van der Waals surface area contributed by atoms with E-state index in [2.05, 4.69) is 28.1 Å². The second-order valence-corrected chi connectivity index (χ2v) is 6.96. The van der Waals surface area contributed by atoms with Crippen molar-refractivity contribution in [1.29, 1.82) is 0 Å². The first-order valence-electron chi connectivity index (χ1n) is 7.82. The summed E-state index contributed by atoms with van der Waals surface area (Å²) in [7, 11) is 1.85. The van der Waals surface area contributed by atoms with Crippen LogP contribution >= 0.6 is 11.8 Å². The smallest absolute Gasteiger partial charge is 0.336 e. The molecule has 0 atom stereocenters.